The SMILES string of the molecule is CCNC(CCc1cnn(C)c1)C(C)(C)S(C)(=O)=O. The fourth-order valence-corrected chi connectivity index (χ4v) is 2.83. The Balaban J connectivity index is 2.78. The van der Waals surface area contributed by atoms with Crippen LogP contribution in [0.4, 0.5) is 0 Å². The maximum atomic E-state index is 11.9. The Labute approximate surface area is 116 Å². The van der Waals surface area contributed by atoms with Crippen molar-refractivity contribution in [1.82, 2.24) is 15.1 Å². The first-order chi connectivity index (χ1) is 8.68. The molecule has 0 aliphatic heterocycles. The Morgan fingerprint density at radius 1 is 1.47 bits per heavy atom. The van der Waals surface area contributed by atoms with Crippen LogP contribution in [0.1, 0.15) is 32.8 Å². The first-order valence-electron chi connectivity index (χ1n) is 6.59. The Morgan fingerprint density at radius 2 is 2.11 bits per heavy atom. The van der Waals surface area contributed by atoms with Crippen LogP contribution < -0.4 is 5.32 Å². The van der Waals surface area contributed by atoms with E-state index in [4.69, 9.17) is 0 Å². The molecule has 0 aliphatic carbocycles. The van der Waals surface area contributed by atoms with Gasteiger partial charge < -0.3 is 5.32 Å². The van der Waals surface area contributed by atoms with Crippen molar-refractivity contribution in [2.24, 2.45) is 7.05 Å². The number of nitrogens with zero attached hydrogens (tertiary/aromatic N) is 2. The first-order valence-corrected chi connectivity index (χ1v) is 8.48. The van der Waals surface area contributed by atoms with Crippen LogP contribution in [0.25, 0.3) is 0 Å². The van der Waals surface area contributed by atoms with Crippen molar-refractivity contribution < 1.29 is 8.42 Å². The minimum absolute atomic E-state index is 0.0623. The van der Waals surface area contributed by atoms with Crippen molar-refractivity contribution in [2.75, 3.05) is 12.8 Å². The Morgan fingerprint density at radius 3 is 2.53 bits per heavy atom. The molecule has 0 aliphatic rings. The lowest BCUT2D eigenvalue weighted by Crippen LogP contribution is -2.51. The molecule has 0 fully saturated rings. The van der Waals surface area contributed by atoms with Crippen molar-refractivity contribution in [3.63, 3.8) is 0 Å². The van der Waals surface area contributed by atoms with Crippen molar-refractivity contribution >= 4 is 9.84 Å². The van der Waals surface area contributed by atoms with Crippen molar-refractivity contribution in [2.45, 2.75) is 44.4 Å². The average molecular weight is 287 g/mol. The average Bonchev–Trinajstić information content (AvgIpc) is 2.68. The smallest absolute Gasteiger partial charge is 0.154 e. The third-order valence-electron chi connectivity index (χ3n) is 3.73. The lowest BCUT2D eigenvalue weighted by molar-refractivity contribution is 0.395. The predicted molar refractivity (Wildman–Crippen MR) is 77.9 cm³/mol. The summed E-state index contributed by atoms with van der Waals surface area (Å²) in [5, 5.41) is 7.43. The molecule has 1 rings (SSSR count). The molecular weight excluding hydrogens is 262 g/mol. The summed E-state index contributed by atoms with van der Waals surface area (Å²) in [5.74, 6) is 0. The van der Waals surface area contributed by atoms with E-state index in [0.717, 1.165) is 24.9 Å². The number of hydrogen-bond donors (Lipinski definition) is 1. The van der Waals surface area contributed by atoms with Crippen molar-refractivity contribution in [3.8, 4) is 0 Å². The Hall–Kier alpha value is -0.880. The zero-order valence-electron chi connectivity index (χ0n) is 12.5. The summed E-state index contributed by atoms with van der Waals surface area (Å²) < 4.78 is 24.8. The molecule has 1 atom stereocenters. The summed E-state index contributed by atoms with van der Waals surface area (Å²) in [6.45, 7) is 6.34. The molecular formula is C13H25N3O2S. The molecule has 0 saturated heterocycles. The number of aromatic nitrogens is 2. The number of sulfone groups is 1. The van der Waals surface area contributed by atoms with Gasteiger partial charge in [0.25, 0.3) is 0 Å². The second kappa shape index (κ2) is 6.05. The van der Waals surface area contributed by atoms with Gasteiger partial charge in [-0.15, -0.1) is 0 Å². The molecule has 110 valence electrons. The molecule has 19 heavy (non-hydrogen) atoms. The molecule has 5 nitrogen and oxygen atoms in total. The van der Waals surface area contributed by atoms with E-state index in [0.29, 0.717) is 0 Å². The second-order valence-electron chi connectivity index (χ2n) is 5.55. The zero-order valence-corrected chi connectivity index (χ0v) is 13.3. The molecule has 1 N–H and O–H groups in total. The molecule has 6 heteroatoms. The fourth-order valence-electron chi connectivity index (χ4n) is 2.11. The van der Waals surface area contributed by atoms with E-state index in [-0.39, 0.29) is 6.04 Å². The third-order valence-corrected chi connectivity index (χ3v) is 5.92. The molecule has 1 aromatic heterocycles. The number of rotatable bonds is 7. The normalized spacial score (nSPS) is 14.6. The monoisotopic (exact) mass is 287 g/mol. The van der Waals surface area contributed by atoms with Crippen LogP contribution in [-0.2, 0) is 23.3 Å². The highest BCUT2D eigenvalue weighted by Crippen LogP contribution is 2.23. The molecule has 0 radical (unpaired) electrons. The van der Waals surface area contributed by atoms with Gasteiger partial charge in [0.15, 0.2) is 9.84 Å². The summed E-state index contributed by atoms with van der Waals surface area (Å²) in [4.78, 5) is 0. The minimum atomic E-state index is -3.11. The third kappa shape index (κ3) is 4.04. The van der Waals surface area contributed by atoms with E-state index in [1.807, 2.05) is 26.4 Å². The summed E-state index contributed by atoms with van der Waals surface area (Å²) in [5.41, 5.74) is 1.13. The lowest BCUT2D eigenvalue weighted by atomic mass is 9.96. The first kappa shape index (κ1) is 16.2. The van der Waals surface area contributed by atoms with Crippen LogP contribution in [0.2, 0.25) is 0 Å². The van der Waals surface area contributed by atoms with Gasteiger partial charge in [0.05, 0.1) is 10.9 Å². The van der Waals surface area contributed by atoms with E-state index in [1.54, 1.807) is 18.5 Å². The van der Waals surface area contributed by atoms with Crippen LogP contribution >= 0.6 is 0 Å². The van der Waals surface area contributed by atoms with E-state index in [1.165, 1.54) is 6.26 Å². The molecule has 0 bridgehead atoms. The van der Waals surface area contributed by atoms with E-state index < -0.39 is 14.6 Å². The quantitative estimate of drug-likeness (QED) is 0.817. The second-order valence-corrected chi connectivity index (χ2v) is 8.14. The maximum absolute atomic E-state index is 11.9. The molecule has 0 amide bonds. The van der Waals surface area contributed by atoms with Gasteiger partial charge in [-0.1, -0.05) is 6.92 Å². The van der Waals surface area contributed by atoms with Gasteiger partial charge in [-0.2, -0.15) is 5.10 Å². The van der Waals surface area contributed by atoms with E-state index in [2.05, 4.69) is 10.4 Å². The fraction of sp³-hybridized carbons (Fsp3) is 0.769. The van der Waals surface area contributed by atoms with Crippen LogP contribution in [0, 0.1) is 0 Å². The topological polar surface area (TPSA) is 64.0 Å². The molecule has 0 spiro atoms. The highest BCUT2D eigenvalue weighted by atomic mass is 32.2. The Bertz CT molecular complexity index is 506. The van der Waals surface area contributed by atoms with Gasteiger partial charge in [0, 0.05) is 25.5 Å². The number of nitrogens with one attached hydrogen (secondary N) is 1. The minimum Gasteiger partial charge on any atom is -0.313 e. The van der Waals surface area contributed by atoms with E-state index >= 15 is 0 Å². The Kier molecular flexibility index (Phi) is 5.15. The van der Waals surface area contributed by atoms with Gasteiger partial charge in [0.2, 0.25) is 0 Å². The molecule has 1 aromatic rings. The van der Waals surface area contributed by atoms with Gasteiger partial charge in [0.1, 0.15) is 0 Å². The van der Waals surface area contributed by atoms with Crippen LogP contribution in [0.15, 0.2) is 12.4 Å². The van der Waals surface area contributed by atoms with Crippen LogP contribution in [0.5, 0.6) is 0 Å². The van der Waals surface area contributed by atoms with Crippen LogP contribution in [-0.4, -0.2) is 41.8 Å². The van der Waals surface area contributed by atoms with Crippen molar-refractivity contribution in [1.29, 1.82) is 0 Å². The highest BCUT2D eigenvalue weighted by Gasteiger charge is 2.38. The summed E-state index contributed by atoms with van der Waals surface area (Å²) >= 11 is 0. The van der Waals surface area contributed by atoms with E-state index in [9.17, 15) is 8.42 Å². The zero-order chi connectivity index (χ0) is 14.7. The summed E-state index contributed by atoms with van der Waals surface area (Å²) in [6, 6.07) is -0.0623. The predicted octanol–water partition coefficient (Wildman–Crippen LogP) is 1.15. The van der Waals surface area contributed by atoms with Crippen molar-refractivity contribution in [3.05, 3.63) is 18.0 Å². The summed E-state index contributed by atoms with van der Waals surface area (Å²) in [7, 11) is -1.23. The molecule has 0 saturated carbocycles. The van der Waals surface area contributed by atoms with Crippen LogP contribution in [0.3, 0.4) is 0 Å². The number of aryl methyl sites for hydroxylation is 2. The van der Waals surface area contributed by atoms with Gasteiger partial charge >= 0.3 is 0 Å². The highest BCUT2D eigenvalue weighted by molar-refractivity contribution is 7.92. The lowest BCUT2D eigenvalue weighted by Gasteiger charge is -2.33. The maximum Gasteiger partial charge on any atom is 0.154 e. The molecule has 1 unspecified atom stereocenters. The van der Waals surface area contributed by atoms with Gasteiger partial charge in [-0.3, -0.25) is 4.68 Å². The largest absolute Gasteiger partial charge is 0.313 e. The number of hydrogen-bond acceptors (Lipinski definition) is 4. The molecule has 0 aromatic carbocycles. The summed E-state index contributed by atoms with van der Waals surface area (Å²) in [6.07, 6.45) is 6.71. The molecule has 1 heterocycles. The van der Waals surface area contributed by atoms with Gasteiger partial charge in [-0.25, -0.2) is 8.42 Å². The standard InChI is InChI=1S/C13H25N3O2S/c1-6-14-12(13(2,3)19(5,17)18)8-7-11-9-15-16(4)10-11/h9-10,12,14H,6-8H2,1-5H3. The van der Waals surface area contributed by atoms with Gasteiger partial charge in [-0.05, 0) is 38.8 Å².